The Labute approximate surface area is 450 Å². The molecule has 0 fully saturated rings. The maximum atomic E-state index is 9.87. The molecular weight excluding hydrogens is 1110 g/mol. The summed E-state index contributed by atoms with van der Waals surface area (Å²) in [6.45, 7) is 4.85. The predicted octanol–water partition coefficient (Wildman–Crippen LogP) is 19.9. The van der Waals surface area contributed by atoms with Crippen molar-refractivity contribution in [2.75, 3.05) is 23.9 Å². The molecule has 0 aliphatic carbocycles. The number of nitrogens with zero attached hydrogens (tertiary/aromatic N) is 4. The first kappa shape index (κ1) is 56.2. The van der Waals surface area contributed by atoms with E-state index in [1.165, 1.54) is 97.0 Å². The van der Waals surface area contributed by atoms with Crippen LogP contribution in [0, 0.1) is 0 Å². The third-order valence-corrected chi connectivity index (χ3v) is 16.7. The number of rotatable bonds is 8. The van der Waals surface area contributed by atoms with E-state index in [-0.39, 0.29) is 10.8 Å². The van der Waals surface area contributed by atoms with Gasteiger partial charge in [-0.15, -0.1) is 0 Å². The minimum atomic E-state index is -10.7. The summed E-state index contributed by atoms with van der Waals surface area (Å²) in [5.41, 5.74) is 12.7. The zero-order valence-electron chi connectivity index (χ0n) is 42.8. The average Bonchev–Trinajstić information content (AvgIpc) is 4.11. The van der Waals surface area contributed by atoms with Crippen LogP contribution in [-0.4, -0.2) is 14.1 Å². The summed E-state index contributed by atoms with van der Waals surface area (Å²) in [5, 5.41) is 7.66. The Hall–Kier alpha value is -6.58. The summed E-state index contributed by atoms with van der Waals surface area (Å²) < 4.78 is 126. The Morgan fingerprint density at radius 2 is 0.769 bits per heavy atom. The van der Waals surface area contributed by atoms with Crippen molar-refractivity contribution >= 4 is 104 Å². The molecule has 2 unspecified atom stereocenters. The van der Waals surface area contributed by atoms with E-state index in [0.29, 0.717) is 0 Å². The molecule has 410 valence electrons. The quantitative estimate of drug-likeness (QED) is 0.0855. The number of benzene rings is 7. The molecule has 0 radical (unpaired) electrons. The number of para-hydroxylation sites is 2. The molecule has 2 atom stereocenters. The number of hydrogen-bond donors (Lipinski definition) is 0. The van der Waals surface area contributed by atoms with Crippen molar-refractivity contribution < 1.29 is 59.5 Å². The predicted molar refractivity (Wildman–Crippen MR) is 301 cm³/mol. The number of thiazole rings is 2. The Morgan fingerprint density at radius 1 is 0.449 bits per heavy atom. The molecule has 9 aromatic rings. The minimum absolute atomic E-state index is 0.199. The van der Waals surface area contributed by atoms with E-state index < -0.39 is 15.6 Å². The van der Waals surface area contributed by atoms with E-state index in [4.69, 9.17) is 0 Å². The van der Waals surface area contributed by atoms with Crippen LogP contribution >= 0.6 is 38.3 Å². The van der Waals surface area contributed by atoms with Gasteiger partial charge in [-0.05, 0) is 96.1 Å². The first-order chi connectivity index (χ1) is 36.0. The molecule has 20 heteroatoms. The van der Waals surface area contributed by atoms with Crippen molar-refractivity contribution in [3.63, 3.8) is 0 Å². The number of aryl methyl sites for hydroxylation is 2. The SMILES string of the molecule is CN1C(=CC=Cc2sc3c4ccccc4ccc3[n+]2C)C(C)(Cc2ccc(CC3(C)C(=CC=Cc4sc5c6ccccc6ccc5[n+]4C)N(C)c4ccccc43)cc2)c2ccccc21.F[P-](F)(F)(F)(F)F.F[P-](F)(F)(F)(F)F. The van der Waals surface area contributed by atoms with Crippen LogP contribution in [-0.2, 0) is 37.8 Å². The number of aromatic nitrogens is 2. The van der Waals surface area contributed by atoms with Crippen LogP contribution in [0.5, 0.6) is 0 Å². The van der Waals surface area contributed by atoms with E-state index in [2.05, 4.69) is 243 Å². The van der Waals surface area contributed by atoms with Crippen LogP contribution < -0.4 is 18.9 Å². The van der Waals surface area contributed by atoms with Crippen molar-refractivity contribution in [2.24, 2.45) is 14.1 Å². The summed E-state index contributed by atoms with van der Waals surface area (Å²) in [6, 6.07) is 53.7. The first-order valence-electron chi connectivity index (χ1n) is 24.3. The second kappa shape index (κ2) is 18.5. The second-order valence-corrected chi connectivity index (χ2v) is 25.9. The van der Waals surface area contributed by atoms with E-state index in [1.54, 1.807) is 0 Å². The summed E-state index contributed by atoms with van der Waals surface area (Å²) in [7, 11) is -12.5. The van der Waals surface area contributed by atoms with Crippen LogP contribution in [0.1, 0.15) is 46.1 Å². The molecule has 2 aromatic heterocycles. The fourth-order valence-corrected chi connectivity index (χ4v) is 13.2. The number of fused-ring (bicyclic) bond motifs is 8. The Balaban J connectivity index is 0.000000469. The molecule has 0 saturated heterocycles. The molecule has 0 bridgehead atoms. The summed E-state index contributed by atoms with van der Waals surface area (Å²) in [6.07, 6.45) is 15.6. The zero-order valence-corrected chi connectivity index (χ0v) is 46.2. The zero-order chi connectivity index (χ0) is 56.6. The van der Waals surface area contributed by atoms with E-state index >= 15 is 0 Å². The monoisotopic (exact) mass is 1160 g/mol. The van der Waals surface area contributed by atoms with Crippen molar-refractivity contribution in [1.82, 2.24) is 0 Å². The molecule has 2 aliphatic rings. The molecule has 4 nitrogen and oxygen atoms in total. The molecule has 0 saturated carbocycles. The third-order valence-electron chi connectivity index (χ3n) is 14.2. The summed E-state index contributed by atoms with van der Waals surface area (Å²) in [4.78, 5) is 4.79. The van der Waals surface area contributed by atoms with E-state index in [1.807, 2.05) is 22.7 Å². The number of likely N-dealkylation sites (N-methyl/N-ethyl adjacent to an activating group) is 2. The van der Waals surface area contributed by atoms with Gasteiger partial charge in [0, 0.05) is 82.8 Å². The van der Waals surface area contributed by atoms with Gasteiger partial charge in [-0.2, -0.15) is 9.13 Å². The number of halogens is 12. The number of anilines is 2. The molecule has 2 aliphatic heterocycles. The molecule has 7 aromatic carbocycles. The first-order valence-corrected chi connectivity index (χ1v) is 30.0. The fraction of sp³-hybridized carbons (Fsp3) is 0.172. The Bertz CT molecular complexity index is 3690. The Morgan fingerprint density at radius 3 is 1.13 bits per heavy atom. The van der Waals surface area contributed by atoms with Gasteiger partial charge in [-0.25, -0.2) is 0 Å². The van der Waals surface area contributed by atoms with Gasteiger partial charge in [0.1, 0.15) is 23.5 Å². The van der Waals surface area contributed by atoms with Crippen molar-refractivity contribution in [3.05, 3.63) is 214 Å². The van der Waals surface area contributed by atoms with Gasteiger partial charge in [0.05, 0.1) is 0 Å². The second-order valence-electron chi connectivity index (χ2n) is 20.0. The normalized spacial score (nSPS) is 20.4. The molecule has 0 N–H and O–H groups in total. The van der Waals surface area contributed by atoms with Crippen LogP contribution in [0.15, 0.2) is 181 Å². The van der Waals surface area contributed by atoms with Crippen LogP contribution in [0.25, 0.3) is 54.1 Å². The number of hydrogen-bond acceptors (Lipinski definition) is 4. The number of allylic oxidation sites excluding steroid dienone is 6. The van der Waals surface area contributed by atoms with Gasteiger partial charge in [0.25, 0.3) is 10.0 Å². The van der Waals surface area contributed by atoms with Gasteiger partial charge >= 0.3 is 66.0 Å². The standard InChI is InChI=1S/C58H52N4S2.2F6P/c1-57(45-21-11-13-23-47(45)59(3)51(57)25-15-27-53-61(5)49-35-33-41-17-7-9-19-43(41)55(49)63-53)37-39-29-31-40(32-30-39)38-58(2)46-22-12-14-24-48(46)60(4)52(58)26-16-28-54-62(6)50-36-34-42-18-8-10-20-44(42)56(50)64-54;2*1-7(2,3,4,5)6/h7-36H,37-38H2,1-6H3;;/q+2;2*-1. The molecule has 0 amide bonds. The van der Waals surface area contributed by atoms with Crippen LogP contribution in [0.3, 0.4) is 0 Å². The van der Waals surface area contributed by atoms with E-state index in [0.717, 1.165) is 12.8 Å². The van der Waals surface area contributed by atoms with Gasteiger partial charge in [-0.1, -0.05) is 144 Å². The van der Waals surface area contributed by atoms with Crippen LogP contribution in [0.4, 0.5) is 61.7 Å². The maximum absolute atomic E-state index is 10.7. The molecule has 4 heterocycles. The third kappa shape index (κ3) is 12.8. The topological polar surface area (TPSA) is 14.2 Å². The van der Waals surface area contributed by atoms with Crippen molar-refractivity contribution in [1.29, 1.82) is 0 Å². The van der Waals surface area contributed by atoms with Gasteiger partial charge < -0.3 is 9.80 Å². The fourth-order valence-electron chi connectivity index (χ4n) is 10.8. The van der Waals surface area contributed by atoms with Crippen molar-refractivity contribution in [2.45, 2.75) is 37.5 Å². The molecule has 11 rings (SSSR count). The van der Waals surface area contributed by atoms with Gasteiger partial charge in [-0.3, -0.25) is 0 Å². The molecular formula is C58H52F12N4P2S2. The molecule has 78 heavy (non-hydrogen) atoms. The summed E-state index contributed by atoms with van der Waals surface area (Å²) >= 11 is 3.72. The molecule has 0 spiro atoms. The van der Waals surface area contributed by atoms with Crippen molar-refractivity contribution in [3.8, 4) is 0 Å². The average molecular weight is 1160 g/mol. The van der Waals surface area contributed by atoms with Crippen LogP contribution in [0.2, 0.25) is 0 Å². The van der Waals surface area contributed by atoms with Gasteiger partial charge in [0.2, 0.25) is 11.0 Å². The summed E-state index contributed by atoms with van der Waals surface area (Å²) in [5.74, 6) is 0. The van der Waals surface area contributed by atoms with Gasteiger partial charge in [0.15, 0.2) is 0 Å². The van der Waals surface area contributed by atoms with E-state index in [9.17, 15) is 50.4 Å². The Kier molecular flexibility index (Phi) is 13.3.